The maximum absolute atomic E-state index is 12.6. The Hall–Kier alpha value is -5.53. The normalized spacial score (nSPS) is 11.5. The largest absolute Gasteiger partial charge is 0.508 e. The molecule has 1 atom stereocenters. The van der Waals surface area contributed by atoms with Crippen LogP contribution in [0.2, 0.25) is 0 Å². The Balaban J connectivity index is 1.25. The minimum atomic E-state index is -1.25. The van der Waals surface area contributed by atoms with E-state index in [1.54, 1.807) is 36.4 Å². The summed E-state index contributed by atoms with van der Waals surface area (Å²) < 4.78 is 0. The summed E-state index contributed by atoms with van der Waals surface area (Å²) in [5.74, 6) is -2.07. The molecule has 2 aromatic carbocycles. The Kier molecular flexibility index (Phi) is 9.04. The van der Waals surface area contributed by atoms with E-state index in [0.29, 0.717) is 24.3 Å². The van der Waals surface area contributed by atoms with Gasteiger partial charge in [0.2, 0.25) is 11.9 Å². The lowest BCUT2D eigenvalue weighted by Gasteiger charge is -2.15. The van der Waals surface area contributed by atoms with Crippen molar-refractivity contribution in [3.63, 3.8) is 0 Å². The fourth-order valence-corrected chi connectivity index (χ4v) is 3.86. The van der Waals surface area contributed by atoms with Crippen LogP contribution in [0.5, 0.6) is 5.75 Å². The zero-order chi connectivity index (χ0) is 29.4. The van der Waals surface area contributed by atoms with Gasteiger partial charge in [-0.25, -0.2) is 14.8 Å². The van der Waals surface area contributed by atoms with Crippen LogP contribution in [0.25, 0.3) is 11.2 Å². The number of phenolic OH excluding ortho intramolecular Hbond substituents is 1. The Bertz CT molecular complexity index is 1610. The van der Waals surface area contributed by atoms with Crippen LogP contribution >= 0.6 is 0 Å². The van der Waals surface area contributed by atoms with Crippen molar-refractivity contribution >= 4 is 40.6 Å². The van der Waals surface area contributed by atoms with E-state index in [0.717, 1.165) is 5.56 Å². The Morgan fingerprint density at radius 3 is 2.46 bits per heavy atom. The standard InChI is InChI=1S/C27H28N8O6/c28-27-34-23-22(25(39)35-27)32-18(14-31-23)13-30-17-5-3-16(4-6-17)24(38)33-20(26(40)41)9-10-21(37)29-12-11-15-1-7-19(36)8-2-15/h1-8,14,20,30,36H,9-13H2,(H,29,37)(H,33,38)(H,40,41)(H3,28,31,34,35,39). The first-order valence-corrected chi connectivity index (χ1v) is 12.6. The Morgan fingerprint density at radius 2 is 1.76 bits per heavy atom. The second kappa shape index (κ2) is 13.0. The number of hydrogen-bond donors (Lipinski definition) is 7. The van der Waals surface area contributed by atoms with Gasteiger partial charge in [0.05, 0.1) is 18.4 Å². The van der Waals surface area contributed by atoms with Gasteiger partial charge in [-0.3, -0.25) is 19.4 Å². The molecule has 8 N–H and O–H groups in total. The summed E-state index contributed by atoms with van der Waals surface area (Å²) in [6, 6.07) is 11.7. The summed E-state index contributed by atoms with van der Waals surface area (Å²) in [6.07, 6.45) is 1.86. The first kappa shape index (κ1) is 28.5. The van der Waals surface area contributed by atoms with E-state index in [9.17, 15) is 29.4 Å². The van der Waals surface area contributed by atoms with Crippen LogP contribution in [-0.4, -0.2) is 60.5 Å². The number of carboxylic acids is 1. The van der Waals surface area contributed by atoms with E-state index in [1.807, 2.05) is 0 Å². The number of H-pyrrole nitrogens is 1. The van der Waals surface area contributed by atoms with Gasteiger partial charge in [-0.15, -0.1) is 0 Å². The zero-order valence-corrected chi connectivity index (χ0v) is 21.8. The lowest BCUT2D eigenvalue weighted by molar-refractivity contribution is -0.139. The highest BCUT2D eigenvalue weighted by Gasteiger charge is 2.21. The fraction of sp³-hybridized carbons (Fsp3) is 0.222. The molecule has 4 rings (SSSR count). The van der Waals surface area contributed by atoms with Crippen molar-refractivity contribution in [2.75, 3.05) is 17.6 Å². The van der Waals surface area contributed by atoms with Gasteiger partial charge in [-0.2, -0.15) is 4.98 Å². The topological polar surface area (TPSA) is 225 Å². The van der Waals surface area contributed by atoms with E-state index in [1.165, 1.54) is 18.3 Å². The molecule has 41 heavy (non-hydrogen) atoms. The van der Waals surface area contributed by atoms with Gasteiger partial charge in [0.1, 0.15) is 11.8 Å². The van der Waals surface area contributed by atoms with E-state index in [4.69, 9.17) is 5.73 Å². The number of rotatable bonds is 12. The molecule has 0 aliphatic carbocycles. The van der Waals surface area contributed by atoms with Crippen LogP contribution in [0.15, 0.2) is 59.5 Å². The molecule has 14 heteroatoms. The number of aromatic amines is 1. The Labute approximate surface area is 233 Å². The van der Waals surface area contributed by atoms with Gasteiger partial charge in [0.15, 0.2) is 11.2 Å². The molecule has 0 aliphatic rings. The third kappa shape index (κ3) is 7.98. The number of hydrogen-bond acceptors (Lipinski definition) is 10. The molecule has 2 heterocycles. The molecule has 0 saturated heterocycles. The molecule has 2 aromatic heterocycles. The number of nitrogens with two attached hydrogens (primary N) is 1. The highest BCUT2D eigenvalue weighted by molar-refractivity contribution is 5.97. The van der Waals surface area contributed by atoms with E-state index < -0.39 is 23.5 Å². The number of phenols is 1. The third-order valence-corrected chi connectivity index (χ3v) is 6.04. The summed E-state index contributed by atoms with van der Waals surface area (Å²) in [6.45, 7) is 0.586. The second-order valence-corrected chi connectivity index (χ2v) is 9.08. The van der Waals surface area contributed by atoms with Crippen molar-refractivity contribution in [1.82, 2.24) is 30.6 Å². The molecule has 0 radical (unpaired) electrons. The number of amides is 2. The van der Waals surface area contributed by atoms with Gasteiger partial charge in [0, 0.05) is 24.2 Å². The maximum Gasteiger partial charge on any atom is 0.326 e. The van der Waals surface area contributed by atoms with Crippen molar-refractivity contribution in [3.8, 4) is 5.75 Å². The lowest BCUT2D eigenvalue weighted by Crippen LogP contribution is -2.41. The van der Waals surface area contributed by atoms with Gasteiger partial charge in [0.25, 0.3) is 11.5 Å². The minimum Gasteiger partial charge on any atom is -0.508 e. The van der Waals surface area contributed by atoms with Crippen LogP contribution in [-0.2, 0) is 22.6 Å². The Morgan fingerprint density at radius 1 is 1.02 bits per heavy atom. The number of benzene rings is 2. The summed E-state index contributed by atoms with van der Waals surface area (Å²) in [7, 11) is 0. The van der Waals surface area contributed by atoms with Crippen LogP contribution in [0.1, 0.15) is 34.5 Å². The first-order chi connectivity index (χ1) is 19.7. The number of fused-ring (bicyclic) bond motifs is 1. The summed E-state index contributed by atoms with van der Waals surface area (Å²) >= 11 is 0. The van der Waals surface area contributed by atoms with Crippen molar-refractivity contribution in [2.45, 2.75) is 31.8 Å². The fourth-order valence-electron chi connectivity index (χ4n) is 3.86. The van der Waals surface area contributed by atoms with Gasteiger partial charge < -0.3 is 31.9 Å². The van der Waals surface area contributed by atoms with Crippen molar-refractivity contribution in [1.29, 1.82) is 0 Å². The number of aromatic nitrogens is 4. The summed E-state index contributed by atoms with van der Waals surface area (Å²) in [5, 5.41) is 27.1. The van der Waals surface area contributed by atoms with Gasteiger partial charge >= 0.3 is 5.97 Å². The summed E-state index contributed by atoms with van der Waals surface area (Å²) in [5.41, 5.74) is 7.50. The SMILES string of the molecule is Nc1nc2ncc(CNc3ccc(C(=O)NC(CCC(=O)NCCc4ccc(O)cc4)C(=O)O)cc3)nc2c(=O)[nH]1. The van der Waals surface area contributed by atoms with Crippen molar-refractivity contribution in [3.05, 3.63) is 81.9 Å². The third-order valence-electron chi connectivity index (χ3n) is 6.04. The monoisotopic (exact) mass is 560 g/mol. The highest BCUT2D eigenvalue weighted by atomic mass is 16.4. The molecule has 0 saturated carbocycles. The number of carboxylic acid groups (broad SMARTS) is 1. The molecular formula is C27H28N8O6. The number of carbonyl (C=O) groups is 3. The van der Waals surface area contributed by atoms with Crippen molar-refractivity contribution < 1.29 is 24.6 Å². The second-order valence-electron chi connectivity index (χ2n) is 9.08. The van der Waals surface area contributed by atoms with Gasteiger partial charge in [-0.1, -0.05) is 12.1 Å². The number of nitrogens with zero attached hydrogens (tertiary/aromatic N) is 3. The summed E-state index contributed by atoms with van der Waals surface area (Å²) in [4.78, 5) is 63.2. The molecule has 14 nitrogen and oxygen atoms in total. The van der Waals surface area contributed by atoms with Crippen LogP contribution in [0, 0.1) is 0 Å². The number of nitrogen functional groups attached to an aromatic ring is 1. The van der Waals surface area contributed by atoms with E-state index >= 15 is 0 Å². The molecule has 0 bridgehead atoms. The average Bonchev–Trinajstić information content (AvgIpc) is 2.95. The molecule has 2 amide bonds. The first-order valence-electron chi connectivity index (χ1n) is 12.6. The molecule has 0 fully saturated rings. The number of aromatic hydroxyl groups is 1. The predicted molar refractivity (Wildman–Crippen MR) is 149 cm³/mol. The molecule has 0 aliphatic heterocycles. The predicted octanol–water partition coefficient (Wildman–Crippen LogP) is 0.935. The van der Waals surface area contributed by atoms with Gasteiger partial charge in [-0.05, 0) is 54.8 Å². The highest BCUT2D eigenvalue weighted by Crippen LogP contribution is 2.13. The van der Waals surface area contributed by atoms with E-state index in [-0.39, 0.29) is 53.7 Å². The number of carbonyl (C=O) groups excluding carboxylic acids is 2. The van der Waals surface area contributed by atoms with Crippen LogP contribution < -0.4 is 27.2 Å². The average molecular weight is 561 g/mol. The number of anilines is 2. The molecule has 4 aromatic rings. The maximum atomic E-state index is 12.6. The van der Waals surface area contributed by atoms with Crippen LogP contribution in [0.3, 0.4) is 0 Å². The smallest absolute Gasteiger partial charge is 0.326 e. The molecule has 0 spiro atoms. The number of nitrogens with one attached hydrogen (secondary N) is 4. The number of aliphatic carboxylic acids is 1. The van der Waals surface area contributed by atoms with E-state index in [2.05, 4.69) is 35.9 Å². The molecule has 1 unspecified atom stereocenters. The minimum absolute atomic E-state index is 0.0508. The zero-order valence-electron chi connectivity index (χ0n) is 21.8. The lowest BCUT2D eigenvalue weighted by atomic mass is 10.1. The van der Waals surface area contributed by atoms with Crippen LogP contribution in [0.4, 0.5) is 11.6 Å². The molecule has 212 valence electrons. The quantitative estimate of drug-likeness (QED) is 0.129. The van der Waals surface area contributed by atoms with Crippen molar-refractivity contribution in [2.24, 2.45) is 0 Å². The molecular weight excluding hydrogens is 532 g/mol.